The van der Waals surface area contributed by atoms with Crippen LogP contribution in [0.1, 0.15) is 24.5 Å². The molecule has 1 aliphatic carbocycles. The van der Waals surface area contributed by atoms with E-state index in [0.29, 0.717) is 0 Å². The van der Waals surface area contributed by atoms with Crippen molar-refractivity contribution < 1.29 is 0 Å². The van der Waals surface area contributed by atoms with Crippen LogP contribution in [-0.4, -0.2) is 28.3 Å². The lowest BCUT2D eigenvalue weighted by Gasteiger charge is -2.10. The molecule has 28 heavy (non-hydrogen) atoms. The molecule has 0 atom stereocenters. The summed E-state index contributed by atoms with van der Waals surface area (Å²) in [6, 6.07) is 17.4. The van der Waals surface area contributed by atoms with E-state index in [0.717, 1.165) is 41.5 Å². The fourth-order valence-corrected chi connectivity index (χ4v) is 4.03. The van der Waals surface area contributed by atoms with E-state index >= 15 is 0 Å². The van der Waals surface area contributed by atoms with E-state index in [1.165, 1.54) is 16.4 Å². The minimum atomic E-state index is -0.0562. The van der Waals surface area contributed by atoms with Gasteiger partial charge in [-0.25, -0.2) is 15.0 Å². The Kier molecular flexibility index (Phi) is 5.45. The molecule has 4 rings (SSSR count). The molecule has 3 nitrogen and oxygen atoms in total. The predicted molar refractivity (Wildman–Crippen MR) is 120 cm³/mol. The lowest BCUT2D eigenvalue weighted by atomic mass is 10.0. The van der Waals surface area contributed by atoms with Crippen LogP contribution < -0.4 is 5.30 Å². The molecule has 1 aliphatic rings. The van der Waals surface area contributed by atoms with E-state index < -0.39 is 0 Å². The minimum absolute atomic E-state index is 0.0562. The topological polar surface area (TPSA) is 38.7 Å². The fraction of sp³-hybridized carbons (Fsp3) is 0.208. The summed E-state index contributed by atoms with van der Waals surface area (Å²) in [4.78, 5) is 13.8. The van der Waals surface area contributed by atoms with Crippen molar-refractivity contribution in [3.63, 3.8) is 0 Å². The van der Waals surface area contributed by atoms with Gasteiger partial charge in [0.25, 0.3) is 0 Å². The maximum Gasteiger partial charge on any atom is 0.163 e. The molecule has 0 N–H and O–H groups in total. The molecule has 0 saturated carbocycles. The molecule has 0 unspecified atom stereocenters. The van der Waals surface area contributed by atoms with Crippen molar-refractivity contribution in [2.24, 2.45) is 0 Å². The highest BCUT2D eigenvalue weighted by atomic mass is 31.1. The molecule has 0 radical (unpaired) electrons. The molecule has 0 saturated heterocycles. The first-order valence-corrected chi connectivity index (χ1v) is 11.8. The number of aryl methyl sites for hydroxylation is 1. The van der Waals surface area contributed by atoms with E-state index in [9.17, 15) is 0 Å². The van der Waals surface area contributed by atoms with Gasteiger partial charge in [-0.15, -0.1) is 0 Å². The van der Waals surface area contributed by atoms with Gasteiger partial charge in [0.1, 0.15) is 5.82 Å². The summed E-state index contributed by atoms with van der Waals surface area (Å²) < 4.78 is 0. The Morgan fingerprint density at radius 1 is 0.714 bits per heavy atom. The summed E-state index contributed by atoms with van der Waals surface area (Å²) in [6.07, 6.45) is 8.60. The molecule has 3 aromatic rings. The minimum Gasteiger partial charge on any atom is -0.213 e. The van der Waals surface area contributed by atoms with Crippen molar-refractivity contribution in [3.8, 4) is 22.5 Å². The first kappa shape index (κ1) is 18.7. The Labute approximate surface area is 168 Å². The Morgan fingerprint density at radius 3 is 1.93 bits per heavy atom. The molecule has 1 heterocycles. The van der Waals surface area contributed by atoms with Crippen LogP contribution >= 0.6 is 7.92 Å². The normalized spacial score (nSPS) is 13.6. The number of aromatic nitrogens is 3. The van der Waals surface area contributed by atoms with Gasteiger partial charge in [-0.2, -0.15) is 0 Å². The largest absolute Gasteiger partial charge is 0.213 e. The van der Waals surface area contributed by atoms with Crippen LogP contribution in [-0.2, 0) is 0 Å². The third-order valence-corrected chi connectivity index (χ3v) is 6.19. The molecule has 0 aliphatic heterocycles. The predicted octanol–water partition coefficient (Wildman–Crippen LogP) is 5.61. The number of rotatable bonds is 4. The average molecular weight is 385 g/mol. The van der Waals surface area contributed by atoms with Crippen LogP contribution in [0.5, 0.6) is 0 Å². The van der Waals surface area contributed by atoms with Gasteiger partial charge in [-0.1, -0.05) is 74.7 Å². The highest BCUT2D eigenvalue weighted by Gasteiger charge is 2.10. The summed E-state index contributed by atoms with van der Waals surface area (Å²) in [6.45, 7) is 6.49. The molecular weight excluding hydrogens is 361 g/mol. The maximum atomic E-state index is 4.72. The standard InChI is InChI=1S/C24H24N3P/c1-17-25-23(20-7-5-4-6-8-20)27-24(26-17)21-11-9-18(10-12-21)19-13-15-22(16-14-19)28(2)3/h5,7-16H,4,6H2,1-3H3. The lowest BCUT2D eigenvalue weighted by Crippen LogP contribution is -2.02. The summed E-state index contributed by atoms with van der Waals surface area (Å²) in [5.74, 6) is 2.23. The van der Waals surface area contributed by atoms with E-state index in [1.807, 2.05) is 6.92 Å². The van der Waals surface area contributed by atoms with Crippen molar-refractivity contribution in [1.82, 2.24) is 15.0 Å². The third-order valence-electron chi connectivity index (χ3n) is 4.86. The van der Waals surface area contributed by atoms with Gasteiger partial charge in [-0.05, 0) is 49.5 Å². The van der Waals surface area contributed by atoms with Crippen LogP contribution in [0.2, 0.25) is 0 Å². The molecule has 2 aromatic carbocycles. The van der Waals surface area contributed by atoms with Crippen LogP contribution in [0.25, 0.3) is 28.1 Å². The van der Waals surface area contributed by atoms with Crippen LogP contribution in [0, 0.1) is 6.92 Å². The summed E-state index contributed by atoms with van der Waals surface area (Å²) in [5.41, 5.74) is 4.53. The van der Waals surface area contributed by atoms with Crippen molar-refractivity contribution in [1.29, 1.82) is 0 Å². The third kappa shape index (κ3) is 4.10. The Hall–Kier alpha value is -2.64. The number of allylic oxidation sites excluding steroid dienone is 4. The molecule has 140 valence electrons. The molecule has 0 fully saturated rings. The molecule has 0 spiro atoms. The number of nitrogens with zero attached hydrogens (tertiary/aromatic N) is 3. The second-order valence-electron chi connectivity index (χ2n) is 7.19. The Morgan fingerprint density at radius 2 is 1.32 bits per heavy atom. The zero-order valence-electron chi connectivity index (χ0n) is 16.6. The van der Waals surface area contributed by atoms with Gasteiger partial charge in [0.2, 0.25) is 0 Å². The first-order valence-electron chi connectivity index (χ1n) is 9.58. The van der Waals surface area contributed by atoms with Crippen molar-refractivity contribution in [2.75, 3.05) is 13.3 Å². The summed E-state index contributed by atoms with van der Waals surface area (Å²) in [7, 11) is -0.0562. The van der Waals surface area contributed by atoms with Crippen molar-refractivity contribution in [2.45, 2.75) is 19.8 Å². The second-order valence-corrected chi connectivity index (χ2v) is 9.49. The van der Waals surface area contributed by atoms with Crippen LogP contribution in [0.3, 0.4) is 0 Å². The van der Waals surface area contributed by atoms with E-state index in [4.69, 9.17) is 4.98 Å². The van der Waals surface area contributed by atoms with Gasteiger partial charge in [0.15, 0.2) is 11.6 Å². The number of hydrogen-bond acceptors (Lipinski definition) is 3. The van der Waals surface area contributed by atoms with Gasteiger partial charge < -0.3 is 0 Å². The lowest BCUT2D eigenvalue weighted by molar-refractivity contribution is 0.953. The number of benzene rings is 2. The molecule has 0 amide bonds. The fourth-order valence-electron chi connectivity index (χ4n) is 3.28. The summed E-state index contributed by atoms with van der Waals surface area (Å²) in [5, 5.41) is 1.43. The second kappa shape index (κ2) is 8.16. The highest BCUT2D eigenvalue weighted by molar-refractivity contribution is 7.64. The smallest absolute Gasteiger partial charge is 0.163 e. The number of hydrogen-bond donors (Lipinski definition) is 0. The van der Waals surface area contributed by atoms with Gasteiger partial charge in [-0.3, -0.25) is 0 Å². The molecular formula is C24H24N3P. The first-order chi connectivity index (χ1) is 13.6. The zero-order chi connectivity index (χ0) is 19.5. The summed E-state index contributed by atoms with van der Waals surface area (Å²) >= 11 is 0. The Bertz CT molecular complexity index is 1030. The Balaban J connectivity index is 1.63. The average Bonchev–Trinajstić information content (AvgIpc) is 2.74. The van der Waals surface area contributed by atoms with Crippen LogP contribution in [0.4, 0.5) is 0 Å². The van der Waals surface area contributed by atoms with Crippen molar-refractivity contribution in [3.05, 3.63) is 78.4 Å². The van der Waals surface area contributed by atoms with Crippen LogP contribution in [0.15, 0.2) is 66.8 Å². The molecule has 0 bridgehead atoms. The quantitative estimate of drug-likeness (QED) is 0.548. The van der Waals surface area contributed by atoms with E-state index in [2.05, 4.69) is 90.1 Å². The SMILES string of the molecule is Cc1nc(C2=CCCC=C2)nc(-c2ccc(-c3ccc(P(C)C)cc3)cc2)n1. The maximum absolute atomic E-state index is 4.72. The van der Waals surface area contributed by atoms with Gasteiger partial charge in [0, 0.05) is 11.1 Å². The van der Waals surface area contributed by atoms with Gasteiger partial charge in [0.05, 0.1) is 0 Å². The van der Waals surface area contributed by atoms with E-state index in [1.54, 1.807) is 0 Å². The van der Waals surface area contributed by atoms with Gasteiger partial charge >= 0.3 is 0 Å². The van der Waals surface area contributed by atoms with E-state index in [-0.39, 0.29) is 7.92 Å². The monoisotopic (exact) mass is 385 g/mol. The highest BCUT2D eigenvalue weighted by Crippen LogP contribution is 2.27. The molecule has 1 aromatic heterocycles. The van der Waals surface area contributed by atoms with Crippen molar-refractivity contribution >= 4 is 18.8 Å². The molecule has 4 heteroatoms. The zero-order valence-corrected chi connectivity index (χ0v) is 17.4.